The summed E-state index contributed by atoms with van der Waals surface area (Å²) in [6.45, 7) is 5.80. The first-order valence-electron chi connectivity index (χ1n) is 9.37. The molecule has 134 valence electrons. The third kappa shape index (κ3) is 4.84. The third-order valence-electron chi connectivity index (χ3n) is 5.32. The standard InChI is InChI=1S/C19H30N2O3/c1-15-6-8-18(24-15)17(21-10-12-23-13-11-21)14-20-19(22)9-7-16-4-2-3-5-16/h6,8,16-17H,2-5,7,9-14H2,1H3,(H,20,22)/t17-/m1/s1. The molecular formula is C19H30N2O3. The van der Waals surface area contributed by atoms with Crippen molar-refractivity contribution in [2.75, 3.05) is 32.8 Å². The van der Waals surface area contributed by atoms with Crippen LogP contribution in [0.25, 0.3) is 0 Å². The fourth-order valence-corrected chi connectivity index (χ4v) is 3.86. The van der Waals surface area contributed by atoms with Gasteiger partial charge in [-0.3, -0.25) is 9.69 Å². The van der Waals surface area contributed by atoms with E-state index in [1.165, 1.54) is 25.7 Å². The molecule has 1 aromatic heterocycles. The summed E-state index contributed by atoms with van der Waals surface area (Å²) < 4.78 is 11.3. The highest BCUT2D eigenvalue weighted by Gasteiger charge is 2.26. The Hall–Kier alpha value is -1.33. The van der Waals surface area contributed by atoms with Gasteiger partial charge >= 0.3 is 0 Å². The molecule has 0 radical (unpaired) electrons. The average molecular weight is 334 g/mol. The van der Waals surface area contributed by atoms with Crippen molar-refractivity contribution in [1.29, 1.82) is 0 Å². The van der Waals surface area contributed by atoms with Crippen LogP contribution in [0.15, 0.2) is 16.5 Å². The molecule has 5 nitrogen and oxygen atoms in total. The average Bonchev–Trinajstić information content (AvgIpc) is 3.26. The van der Waals surface area contributed by atoms with Gasteiger partial charge in [-0.05, 0) is 31.4 Å². The Kier molecular flexibility index (Phi) is 6.32. The highest BCUT2D eigenvalue weighted by atomic mass is 16.5. The van der Waals surface area contributed by atoms with E-state index in [9.17, 15) is 4.79 Å². The van der Waals surface area contributed by atoms with E-state index in [-0.39, 0.29) is 11.9 Å². The highest BCUT2D eigenvalue weighted by molar-refractivity contribution is 5.75. The first-order chi connectivity index (χ1) is 11.7. The maximum Gasteiger partial charge on any atom is 0.220 e. The Balaban J connectivity index is 1.52. The number of carbonyl (C=O) groups excluding carboxylic acids is 1. The smallest absolute Gasteiger partial charge is 0.220 e. The van der Waals surface area contributed by atoms with Gasteiger partial charge in [0.2, 0.25) is 5.91 Å². The molecule has 0 spiro atoms. The van der Waals surface area contributed by atoms with Crippen molar-refractivity contribution < 1.29 is 13.9 Å². The number of carbonyl (C=O) groups is 1. The second kappa shape index (κ2) is 8.67. The van der Waals surface area contributed by atoms with Crippen molar-refractivity contribution in [1.82, 2.24) is 10.2 Å². The second-order valence-corrected chi connectivity index (χ2v) is 7.11. The van der Waals surface area contributed by atoms with Gasteiger partial charge in [-0.15, -0.1) is 0 Å². The Morgan fingerprint density at radius 2 is 2.04 bits per heavy atom. The van der Waals surface area contributed by atoms with Crippen molar-refractivity contribution in [3.8, 4) is 0 Å². The van der Waals surface area contributed by atoms with Gasteiger partial charge in [-0.25, -0.2) is 0 Å². The number of aryl methyl sites for hydroxylation is 1. The van der Waals surface area contributed by atoms with Gasteiger partial charge in [0.1, 0.15) is 11.5 Å². The summed E-state index contributed by atoms with van der Waals surface area (Å²) in [7, 11) is 0. The number of morpholine rings is 1. The van der Waals surface area contributed by atoms with E-state index in [0.29, 0.717) is 13.0 Å². The zero-order valence-electron chi connectivity index (χ0n) is 14.8. The molecule has 5 heteroatoms. The molecule has 1 saturated heterocycles. The number of hydrogen-bond donors (Lipinski definition) is 1. The number of ether oxygens (including phenoxy) is 1. The molecule has 0 unspecified atom stereocenters. The number of furan rings is 1. The molecule has 2 aliphatic rings. The Bertz CT molecular complexity index is 516. The van der Waals surface area contributed by atoms with Crippen LogP contribution in [0.2, 0.25) is 0 Å². The van der Waals surface area contributed by atoms with E-state index in [1.54, 1.807) is 0 Å². The van der Waals surface area contributed by atoms with Gasteiger partial charge in [0.25, 0.3) is 0 Å². The van der Waals surface area contributed by atoms with Crippen LogP contribution < -0.4 is 5.32 Å². The molecule has 1 aliphatic carbocycles. The van der Waals surface area contributed by atoms with Gasteiger partial charge in [0, 0.05) is 26.1 Å². The molecule has 1 saturated carbocycles. The van der Waals surface area contributed by atoms with Crippen LogP contribution in [0.3, 0.4) is 0 Å². The molecule has 0 bridgehead atoms. The molecule has 24 heavy (non-hydrogen) atoms. The Labute approximate surface area is 144 Å². The summed E-state index contributed by atoms with van der Waals surface area (Å²) >= 11 is 0. The van der Waals surface area contributed by atoms with E-state index in [2.05, 4.69) is 10.2 Å². The molecular weight excluding hydrogens is 304 g/mol. The Morgan fingerprint density at radius 1 is 1.29 bits per heavy atom. The van der Waals surface area contributed by atoms with Gasteiger partial charge in [0.05, 0.1) is 19.3 Å². The number of nitrogens with one attached hydrogen (secondary N) is 1. The van der Waals surface area contributed by atoms with E-state index >= 15 is 0 Å². The summed E-state index contributed by atoms with van der Waals surface area (Å²) in [5.74, 6) is 2.78. The Morgan fingerprint density at radius 3 is 2.71 bits per heavy atom. The topological polar surface area (TPSA) is 54.7 Å². The van der Waals surface area contributed by atoms with Crippen LogP contribution in [-0.2, 0) is 9.53 Å². The molecule has 3 rings (SSSR count). The number of hydrogen-bond acceptors (Lipinski definition) is 4. The maximum atomic E-state index is 12.2. The SMILES string of the molecule is Cc1ccc([C@@H](CNC(=O)CCC2CCCC2)N2CCOCC2)o1. The van der Waals surface area contributed by atoms with E-state index in [4.69, 9.17) is 9.15 Å². The minimum atomic E-state index is 0.0954. The molecule has 1 aromatic rings. The van der Waals surface area contributed by atoms with Crippen LogP contribution in [0.5, 0.6) is 0 Å². The van der Waals surface area contributed by atoms with Crippen molar-refractivity contribution in [3.63, 3.8) is 0 Å². The summed E-state index contributed by atoms with van der Waals surface area (Å²) in [6.07, 6.45) is 6.96. The van der Waals surface area contributed by atoms with E-state index in [0.717, 1.165) is 50.2 Å². The lowest BCUT2D eigenvalue weighted by Gasteiger charge is -2.33. The lowest BCUT2D eigenvalue weighted by atomic mass is 10.0. The van der Waals surface area contributed by atoms with Crippen molar-refractivity contribution in [2.24, 2.45) is 5.92 Å². The minimum absolute atomic E-state index is 0.0954. The van der Waals surface area contributed by atoms with Crippen molar-refractivity contribution >= 4 is 5.91 Å². The molecule has 0 aromatic carbocycles. The first-order valence-corrected chi connectivity index (χ1v) is 9.37. The van der Waals surface area contributed by atoms with Crippen LogP contribution in [0.1, 0.15) is 56.1 Å². The number of nitrogens with zero attached hydrogens (tertiary/aromatic N) is 1. The molecule has 1 N–H and O–H groups in total. The van der Waals surface area contributed by atoms with Crippen LogP contribution in [0, 0.1) is 12.8 Å². The third-order valence-corrected chi connectivity index (χ3v) is 5.32. The first kappa shape index (κ1) is 17.5. The lowest BCUT2D eigenvalue weighted by Crippen LogP contribution is -2.43. The summed E-state index contributed by atoms with van der Waals surface area (Å²) in [5, 5.41) is 3.13. The lowest BCUT2D eigenvalue weighted by molar-refractivity contribution is -0.121. The molecule has 2 fully saturated rings. The van der Waals surface area contributed by atoms with Gasteiger partial charge in [-0.2, -0.15) is 0 Å². The van der Waals surface area contributed by atoms with Crippen LogP contribution in [0.4, 0.5) is 0 Å². The molecule has 1 amide bonds. The normalized spacial score (nSPS) is 21.0. The maximum absolute atomic E-state index is 12.2. The highest BCUT2D eigenvalue weighted by Crippen LogP contribution is 2.28. The largest absolute Gasteiger partial charge is 0.465 e. The zero-order chi connectivity index (χ0) is 16.8. The monoisotopic (exact) mass is 334 g/mol. The van der Waals surface area contributed by atoms with Crippen LogP contribution >= 0.6 is 0 Å². The van der Waals surface area contributed by atoms with E-state index in [1.807, 2.05) is 19.1 Å². The fourth-order valence-electron chi connectivity index (χ4n) is 3.86. The summed E-state index contributed by atoms with van der Waals surface area (Å²) in [4.78, 5) is 14.6. The molecule has 2 heterocycles. The van der Waals surface area contributed by atoms with Gasteiger partial charge in [0.15, 0.2) is 0 Å². The zero-order valence-corrected chi connectivity index (χ0v) is 14.8. The van der Waals surface area contributed by atoms with Gasteiger partial charge in [-0.1, -0.05) is 25.7 Å². The summed E-state index contributed by atoms with van der Waals surface area (Å²) in [6, 6.07) is 4.11. The van der Waals surface area contributed by atoms with Crippen molar-refractivity contribution in [2.45, 2.75) is 51.5 Å². The van der Waals surface area contributed by atoms with Crippen molar-refractivity contribution in [3.05, 3.63) is 23.7 Å². The molecule has 1 aliphatic heterocycles. The quantitative estimate of drug-likeness (QED) is 0.833. The predicted octanol–water partition coefficient (Wildman–Crippen LogP) is 3.05. The number of rotatable bonds is 7. The number of amides is 1. The van der Waals surface area contributed by atoms with E-state index < -0.39 is 0 Å². The summed E-state index contributed by atoms with van der Waals surface area (Å²) in [5.41, 5.74) is 0. The second-order valence-electron chi connectivity index (χ2n) is 7.11. The minimum Gasteiger partial charge on any atom is -0.465 e. The van der Waals surface area contributed by atoms with Gasteiger partial charge < -0.3 is 14.5 Å². The molecule has 1 atom stereocenters. The fraction of sp³-hybridized carbons (Fsp3) is 0.737. The van der Waals surface area contributed by atoms with Crippen LogP contribution in [-0.4, -0.2) is 43.7 Å². The predicted molar refractivity (Wildman–Crippen MR) is 92.8 cm³/mol.